The average Bonchev–Trinajstić information content (AvgIpc) is 2.74. The third-order valence-electron chi connectivity index (χ3n) is 1.96. The summed E-state index contributed by atoms with van der Waals surface area (Å²) in [5.74, 6) is -1.22. The third kappa shape index (κ3) is 2.37. The first-order chi connectivity index (χ1) is 8.09. The van der Waals surface area contributed by atoms with E-state index in [1.807, 2.05) is 0 Å². The predicted octanol–water partition coefficient (Wildman–Crippen LogP) is 0.744. The quantitative estimate of drug-likeness (QED) is 0.521. The highest BCUT2D eigenvalue weighted by Crippen LogP contribution is 2.21. The fourth-order valence-electron chi connectivity index (χ4n) is 1.28. The summed E-state index contributed by atoms with van der Waals surface area (Å²) in [4.78, 5) is 20.6. The van der Waals surface area contributed by atoms with E-state index in [0.717, 1.165) is 0 Å². The Bertz CT molecular complexity index is 563. The number of aromatic carboxylic acids is 1. The summed E-state index contributed by atoms with van der Waals surface area (Å²) >= 11 is 0. The molecule has 1 aromatic heterocycles. The summed E-state index contributed by atoms with van der Waals surface area (Å²) in [7, 11) is 1.50. The Hall–Kier alpha value is -2.48. The molecule has 1 aromatic carbocycles. The molecule has 2 rings (SSSR count). The van der Waals surface area contributed by atoms with Gasteiger partial charge in [-0.2, -0.15) is 5.10 Å². The molecule has 90 valence electrons. The van der Waals surface area contributed by atoms with Crippen molar-refractivity contribution in [1.82, 2.24) is 10.2 Å². The van der Waals surface area contributed by atoms with Gasteiger partial charge in [0.15, 0.2) is 5.69 Å². The van der Waals surface area contributed by atoms with Crippen molar-refractivity contribution in [2.24, 2.45) is 5.73 Å². The summed E-state index contributed by atoms with van der Waals surface area (Å²) in [5, 5.41) is 25.5. The van der Waals surface area contributed by atoms with Crippen LogP contribution in [0.1, 0.15) is 10.5 Å². The molecule has 0 aliphatic heterocycles. The topological polar surface area (TPSA) is 135 Å². The zero-order chi connectivity index (χ0) is 13.0. The highest BCUT2D eigenvalue weighted by Gasteiger charge is 2.15. The second-order valence-corrected chi connectivity index (χ2v) is 2.86. The Morgan fingerprint density at radius 2 is 2.18 bits per heavy atom. The molecular weight excluding hydrogens is 228 g/mol. The van der Waals surface area contributed by atoms with Crippen molar-refractivity contribution in [3.8, 4) is 0 Å². The maximum absolute atomic E-state index is 10.7. The number of benzene rings is 1. The van der Waals surface area contributed by atoms with Crippen LogP contribution in [0.2, 0.25) is 0 Å². The Morgan fingerprint density at radius 3 is 2.71 bits per heavy atom. The normalized spacial score (nSPS) is 9.53. The molecule has 0 amide bonds. The number of hydrogen-bond acceptors (Lipinski definition) is 5. The summed E-state index contributed by atoms with van der Waals surface area (Å²) in [6.07, 6.45) is 0. The smallest absolute Gasteiger partial charge is 0.357 e. The van der Waals surface area contributed by atoms with E-state index in [-0.39, 0.29) is 16.8 Å². The van der Waals surface area contributed by atoms with Crippen LogP contribution in [0.5, 0.6) is 0 Å². The SMILES string of the molecule is CN.O=C(O)c1n[nH]c2ccc([N+](=O)[O-])cc12. The van der Waals surface area contributed by atoms with Crippen LogP contribution < -0.4 is 5.73 Å². The van der Waals surface area contributed by atoms with E-state index in [1.165, 1.54) is 25.2 Å². The van der Waals surface area contributed by atoms with Gasteiger partial charge in [-0.25, -0.2) is 4.79 Å². The van der Waals surface area contributed by atoms with Crippen LogP contribution >= 0.6 is 0 Å². The van der Waals surface area contributed by atoms with Crippen molar-refractivity contribution in [3.63, 3.8) is 0 Å². The number of carboxylic acid groups (broad SMARTS) is 1. The van der Waals surface area contributed by atoms with Crippen molar-refractivity contribution in [3.05, 3.63) is 34.0 Å². The number of carbonyl (C=O) groups is 1. The van der Waals surface area contributed by atoms with Gasteiger partial charge in [-0.1, -0.05) is 0 Å². The number of nitrogens with zero attached hydrogens (tertiary/aromatic N) is 2. The number of aromatic nitrogens is 2. The molecule has 8 nitrogen and oxygen atoms in total. The molecule has 4 N–H and O–H groups in total. The lowest BCUT2D eigenvalue weighted by atomic mass is 10.2. The monoisotopic (exact) mass is 238 g/mol. The highest BCUT2D eigenvalue weighted by molar-refractivity contribution is 6.01. The van der Waals surface area contributed by atoms with Crippen LogP contribution in [0, 0.1) is 10.1 Å². The van der Waals surface area contributed by atoms with Crippen molar-refractivity contribution in [2.45, 2.75) is 0 Å². The van der Waals surface area contributed by atoms with E-state index in [9.17, 15) is 14.9 Å². The van der Waals surface area contributed by atoms with Crippen LogP contribution in [0.15, 0.2) is 18.2 Å². The Labute approximate surface area is 95.2 Å². The second-order valence-electron chi connectivity index (χ2n) is 2.86. The molecule has 0 radical (unpaired) electrons. The van der Waals surface area contributed by atoms with Crippen LogP contribution in [0.4, 0.5) is 5.69 Å². The fourth-order valence-corrected chi connectivity index (χ4v) is 1.28. The van der Waals surface area contributed by atoms with Gasteiger partial charge in [0.2, 0.25) is 0 Å². The summed E-state index contributed by atoms with van der Waals surface area (Å²) in [6.45, 7) is 0. The molecule has 0 saturated carbocycles. The van der Waals surface area contributed by atoms with Crippen LogP contribution in [0.25, 0.3) is 10.9 Å². The number of carboxylic acids is 1. The van der Waals surface area contributed by atoms with E-state index in [1.54, 1.807) is 0 Å². The number of nitro benzene ring substituents is 1. The molecule has 0 saturated heterocycles. The molecule has 0 bridgehead atoms. The number of hydrogen-bond donors (Lipinski definition) is 3. The highest BCUT2D eigenvalue weighted by atomic mass is 16.6. The zero-order valence-corrected chi connectivity index (χ0v) is 8.88. The lowest BCUT2D eigenvalue weighted by molar-refractivity contribution is -0.384. The second kappa shape index (κ2) is 5.03. The number of rotatable bonds is 2. The van der Waals surface area contributed by atoms with Gasteiger partial charge >= 0.3 is 5.97 Å². The fraction of sp³-hybridized carbons (Fsp3) is 0.111. The summed E-state index contributed by atoms with van der Waals surface area (Å²) in [5.41, 5.74) is 4.58. The van der Waals surface area contributed by atoms with Gasteiger partial charge in [-0.05, 0) is 13.1 Å². The maximum Gasteiger partial charge on any atom is 0.357 e. The Morgan fingerprint density at radius 1 is 1.53 bits per heavy atom. The average molecular weight is 238 g/mol. The minimum Gasteiger partial charge on any atom is -0.476 e. The first-order valence-electron chi connectivity index (χ1n) is 4.53. The van der Waals surface area contributed by atoms with Gasteiger partial charge < -0.3 is 10.8 Å². The third-order valence-corrected chi connectivity index (χ3v) is 1.96. The lowest BCUT2D eigenvalue weighted by Gasteiger charge is -1.91. The van der Waals surface area contributed by atoms with Crippen LogP contribution in [-0.2, 0) is 0 Å². The first-order valence-corrected chi connectivity index (χ1v) is 4.53. The van der Waals surface area contributed by atoms with Crippen molar-refractivity contribution in [1.29, 1.82) is 0 Å². The molecule has 17 heavy (non-hydrogen) atoms. The molecule has 0 aliphatic carbocycles. The van der Waals surface area contributed by atoms with Gasteiger partial charge in [0.1, 0.15) is 0 Å². The van der Waals surface area contributed by atoms with Gasteiger partial charge in [-0.3, -0.25) is 15.2 Å². The number of fused-ring (bicyclic) bond motifs is 1. The Kier molecular flexibility index (Phi) is 3.73. The number of nitrogens with two attached hydrogens (primary N) is 1. The number of nitrogens with one attached hydrogen (secondary N) is 1. The number of non-ortho nitro benzene ring substituents is 1. The minimum absolute atomic E-state index is 0.161. The summed E-state index contributed by atoms with van der Waals surface area (Å²) in [6, 6.07) is 3.89. The number of aromatic amines is 1. The van der Waals surface area contributed by atoms with Crippen molar-refractivity contribution >= 4 is 22.6 Å². The minimum atomic E-state index is -1.22. The van der Waals surface area contributed by atoms with Crippen molar-refractivity contribution in [2.75, 3.05) is 7.05 Å². The van der Waals surface area contributed by atoms with E-state index in [0.29, 0.717) is 5.52 Å². The molecular formula is C9H10N4O4. The molecule has 0 spiro atoms. The molecule has 0 atom stereocenters. The molecule has 8 heteroatoms. The molecule has 0 aliphatic rings. The van der Waals surface area contributed by atoms with Crippen molar-refractivity contribution < 1.29 is 14.8 Å². The van der Waals surface area contributed by atoms with E-state index < -0.39 is 10.9 Å². The molecule has 1 heterocycles. The maximum atomic E-state index is 10.7. The number of nitro groups is 1. The van der Waals surface area contributed by atoms with Crippen LogP contribution in [-0.4, -0.2) is 33.2 Å². The largest absolute Gasteiger partial charge is 0.476 e. The van der Waals surface area contributed by atoms with Gasteiger partial charge in [0.05, 0.1) is 10.4 Å². The van der Waals surface area contributed by atoms with Gasteiger partial charge in [-0.15, -0.1) is 0 Å². The molecule has 2 aromatic rings. The summed E-state index contributed by atoms with van der Waals surface area (Å²) < 4.78 is 0. The lowest BCUT2D eigenvalue weighted by Crippen LogP contribution is -1.97. The zero-order valence-electron chi connectivity index (χ0n) is 8.88. The van der Waals surface area contributed by atoms with E-state index >= 15 is 0 Å². The standard InChI is InChI=1S/C8H5N3O4.CH5N/c12-8(13)7-5-3-4(11(14)15)1-2-6(5)9-10-7;1-2/h1-3H,(H,9,10)(H,12,13);2H2,1H3. The van der Waals surface area contributed by atoms with E-state index in [2.05, 4.69) is 15.9 Å². The van der Waals surface area contributed by atoms with Gasteiger partial charge in [0.25, 0.3) is 5.69 Å². The molecule has 0 fully saturated rings. The number of H-pyrrole nitrogens is 1. The van der Waals surface area contributed by atoms with Gasteiger partial charge in [0, 0.05) is 17.5 Å². The molecule has 0 unspecified atom stereocenters. The van der Waals surface area contributed by atoms with Crippen LogP contribution in [0.3, 0.4) is 0 Å². The van der Waals surface area contributed by atoms with E-state index in [4.69, 9.17) is 5.11 Å². The Balaban J connectivity index is 0.000000686. The first kappa shape index (κ1) is 12.6. The predicted molar refractivity (Wildman–Crippen MR) is 59.8 cm³/mol.